The average molecular weight is 1390 g/mol. The van der Waals surface area contributed by atoms with E-state index in [1.807, 2.05) is 0 Å². The van der Waals surface area contributed by atoms with Crippen molar-refractivity contribution in [2.45, 2.75) is 267 Å². The lowest BCUT2D eigenvalue weighted by molar-refractivity contribution is -0.392. The maximum absolute atomic E-state index is 12.7. The summed E-state index contributed by atoms with van der Waals surface area (Å²) < 4.78 is 88.2. The van der Waals surface area contributed by atoms with E-state index in [0.717, 1.165) is 0 Å². The van der Waals surface area contributed by atoms with Crippen molar-refractivity contribution in [2.24, 2.45) is 23.5 Å². The van der Waals surface area contributed by atoms with E-state index >= 15 is 0 Å². The second-order valence-corrected chi connectivity index (χ2v) is 25.4. The van der Waals surface area contributed by atoms with Crippen molar-refractivity contribution in [2.75, 3.05) is 52.9 Å². The van der Waals surface area contributed by atoms with Crippen LogP contribution in [0.4, 0.5) is 0 Å². The van der Waals surface area contributed by atoms with E-state index in [0.29, 0.717) is 0 Å². The number of nitrogens with two attached hydrogens (primary N) is 1. The van der Waals surface area contributed by atoms with Gasteiger partial charge in [-0.2, -0.15) is 0 Å². The molecule has 8 aliphatic heterocycles. The average Bonchev–Trinajstić information content (AvgIpc) is 0.793. The van der Waals surface area contributed by atoms with Gasteiger partial charge in [-0.25, -0.2) is 4.79 Å². The van der Waals surface area contributed by atoms with Crippen LogP contribution in [-0.4, -0.2) is 409 Å². The SMILES string of the molecule is CC1C(O)[C@H](O[C@@H]2OC(CO[C@]3(C(=O)O)C[C@@H](O)[C@@H](N)C(C(O)C(O)CO)O3)[C@H](O)C(O)[C@@H]2O)[C@H](CO)O[C@H]1O[C@@H]1C(O)[C@H](O)C(CO)O[C@@H]1OCC1O[C@@H](O[C@@H]2C(CO)O[C@@H](O[C@@H]3C(CO)O[C@@H](C)[C@@H](C)C3O)[C@@H](C)C2O)[C@H](O)C(O[C@H]2O[C@H](CO)[C@@H](O)C(O)C2O)[C@@H]1O. The quantitative estimate of drug-likeness (QED) is 0.0404. The summed E-state index contributed by atoms with van der Waals surface area (Å²) in [6.45, 7) is -1.43. The first-order valence-electron chi connectivity index (χ1n) is 31.2. The van der Waals surface area contributed by atoms with Gasteiger partial charge in [0.15, 0.2) is 37.7 Å². The number of hydrogen-bond acceptors (Lipinski definition) is 39. The Balaban J connectivity index is 0.984. The number of aliphatic hydroxyl groups is 22. The molecule has 8 saturated heterocycles. The Bertz CT molecular complexity index is 2360. The van der Waals surface area contributed by atoms with E-state index in [4.69, 9.17) is 76.8 Å². The number of carboxylic acid groups (broad SMARTS) is 1. The molecule has 25 N–H and O–H groups in total. The zero-order chi connectivity index (χ0) is 70.1. The lowest BCUT2D eigenvalue weighted by Crippen LogP contribution is -2.67. The molecule has 17 unspecified atom stereocenters. The van der Waals surface area contributed by atoms with Crippen molar-refractivity contribution in [3.05, 3.63) is 0 Å². The van der Waals surface area contributed by atoms with Crippen LogP contribution in [0.2, 0.25) is 0 Å². The monoisotopic (exact) mass is 1390 g/mol. The van der Waals surface area contributed by atoms with E-state index in [2.05, 4.69) is 0 Å². The van der Waals surface area contributed by atoms with Gasteiger partial charge in [-0.05, 0) is 6.92 Å². The summed E-state index contributed by atoms with van der Waals surface area (Å²) in [6, 6.07) is -1.53. The van der Waals surface area contributed by atoms with E-state index < -0.39 is 316 Å². The maximum atomic E-state index is 12.7. The number of aliphatic hydroxyl groups excluding tert-OH is 22. The highest BCUT2D eigenvalue weighted by Crippen LogP contribution is 2.41. The number of ether oxygens (including phenoxy) is 15. The molecule has 0 aromatic rings. The van der Waals surface area contributed by atoms with Gasteiger partial charge in [0.2, 0.25) is 0 Å². The Labute approximate surface area is 541 Å². The van der Waals surface area contributed by atoms with Crippen LogP contribution in [0.25, 0.3) is 0 Å². The predicted octanol–water partition coefficient (Wildman–Crippen LogP) is -14.4. The summed E-state index contributed by atoms with van der Waals surface area (Å²) in [5.74, 6) is -7.78. The van der Waals surface area contributed by atoms with Crippen molar-refractivity contribution in [1.82, 2.24) is 0 Å². The fraction of sp³-hybridized carbons (Fsp3) is 0.982. The fourth-order valence-corrected chi connectivity index (χ4v) is 12.7. The molecular weight excluding hydrogens is 1300 g/mol. The van der Waals surface area contributed by atoms with E-state index in [1.54, 1.807) is 13.8 Å². The van der Waals surface area contributed by atoms with Crippen molar-refractivity contribution < 1.29 is 193 Å². The van der Waals surface area contributed by atoms with Crippen molar-refractivity contribution >= 4 is 5.97 Å². The lowest BCUT2D eigenvalue weighted by atomic mass is 9.88. The highest BCUT2D eigenvalue weighted by Gasteiger charge is 2.60. The van der Waals surface area contributed by atoms with E-state index in [1.165, 1.54) is 13.8 Å². The second-order valence-electron chi connectivity index (χ2n) is 25.4. The van der Waals surface area contributed by atoms with Crippen LogP contribution in [0.3, 0.4) is 0 Å². The molecule has 0 aliphatic carbocycles. The molecule has 0 radical (unpaired) electrons. The first-order valence-corrected chi connectivity index (χ1v) is 31.2. The molecule has 0 spiro atoms. The predicted molar refractivity (Wildman–Crippen MR) is 297 cm³/mol. The number of carboxylic acids is 1. The summed E-state index contributed by atoms with van der Waals surface area (Å²) in [7, 11) is 0. The van der Waals surface area contributed by atoms with Gasteiger partial charge in [0, 0.05) is 24.2 Å². The minimum absolute atomic E-state index is 0.497. The molecule has 8 rings (SSSR count). The van der Waals surface area contributed by atoms with E-state index in [9.17, 15) is 122 Å². The standard InChI is InChI=1S/C55H95NO39/c1-14-17(4)83-22(9-60)42(28(14)65)90-48-15(2)29(66)44(24(11-62)86-48)92-52-41(78)46(93-50-39(76)36(73)32(69)20(7-58)84-50)35(72)25(88-52)12-81-53-47(38(75)33(70)21(8-59)85-53)94-49-16(3)30(67)43(23(10-61)87-49)91-51-40(77)37(74)34(71)26(89-51)13-82-55(54(79)80)5-18(63)27(56)45(95-55)31(68)19(64)6-57/h14-53,57-78H,5-13,56H2,1-4H3,(H,79,80)/t14-,15+,16?,17+,18-,19?,20-,21?,22?,23+,24?,25?,26?,27-,28?,29?,30?,31?,32-,33-,34+,35-,36?,37?,38?,39?,40+,41-,42-,43-,44-,45?,46?,47-,48+,49+,50-,51+,52+,53+,55-/m1/s1. The molecule has 0 bridgehead atoms. The minimum Gasteiger partial charge on any atom is -0.477 e. The Kier molecular flexibility index (Phi) is 27.6. The van der Waals surface area contributed by atoms with Crippen LogP contribution >= 0.6 is 0 Å². The van der Waals surface area contributed by atoms with Crippen LogP contribution in [0.1, 0.15) is 34.1 Å². The first kappa shape index (κ1) is 78.7. The van der Waals surface area contributed by atoms with Gasteiger partial charge in [-0.3, -0.25) is 0 Å². The van der Waals surface area contributed by atoms with Gasteiger partial charge in [0.1, 0.15) is 153 Å². The number of hydrogen-bond donors (Lipinski definition) is 24. The lowest BCUT2D eigenvalue weighted by Gasteiger charge is -2.50. The van der Waals surface area contributed by atoms with Crippen molar-refractivity contribution in [3.63, 3.8) is 0 Å². The molecule has 0 saturated carbocycles. The molecule has 8 fully saturated rings. The van der Waals surface area contributed by atoms with Crippen LogP contribution in [0.5, 0.6) is 0 Å². The summed E-state index contributed by atoms with van der Waals surface area (Å²) >= 11 is 0. The molecular formula is C55H95NO39. The van der Waals surface area contributed by atoms with Gasteiger partial charge >= 0.3 is 5.97 Å². The first-order chi connectivity index (χ1) is 44.8. The molecule has 554 valence electrons. The molecule has 40 nitrogen and oxygen atoms in total. The fourth-order valence-electron chi connectivity index (χ4n) is 12.7. The third-order valence-electron chi connectivity index (χ3n) is 19.1. The summed E-state index contributed by atoms with van der Waals surface area (Å²) in [5.41, 5.74) is 5.93. The highest BCUT2D eigenvalue weighted by atomic mass is 16.8. The Morgan fingerprint density at radius 3 is 1.31 bits per heavy atom. The van der Waals surface area contributed by atoms with Crippen molar-refractivity contribution in [1.29, 1.82) is 0 Å². The second kappa shape index (κ2) is 33.4. The maximum Gasteiger partial charge on any atom is 0.364 e. The zero-order valence-corrected chi connectivity index (χ0v) is 51.9. The molecule has 0 amide bonds. The molecule has 8 heterocycles. The Hall–Kier alpha value is -2.05. The van der Waals surface area contributed by atoms with Gasteiger partial charge in [0.25, 0.3) is 5.79 Å². The number of carbonyl (C=O) groups is 1. The highest BCUT2D eigenvalue weighted by molar-refractivity contribution is 5.76. The largest absolute Gasteiger partial charge is 0.477 e. The third kappa shape index (κ3) is 16.4. The summed E-state index contributed by atoms with van der Waals surface area (Å²) in [4.78, 5) is 12.7. The van der Waals surface area contributed by atoms with Crippen LogP contribution in [0, 0.1) is 17.8 Å². The third-order valence-corrected chi connectivity index (χ3v) is 19.1. The molecule has 95 heavy (non-hydrogen) atoms. The molecule has 41 atom stereocenters. The molecule has 0 aromatic carbocycles. The smallest absolute Gasteiger partial charge is 0.364 e. The van der Waals surface area contributed by atoms with Gasteiger partial charge < -0.3 is 194 Å². The Morgan fingerprint density at radius 2 is 0.821 bits per heavy atom. The summed E-state index contributed by atoms with van der Waals surface area (Å²) in [6.07, 6.45) is -66.1. The molecule has 40 heteroatoms. The van der Waals surface area contributed by atoms with Crippen molar-refractivity contribution in [3.8, 4) is 0 Å². The van der Waals surface area contributed by atoms with Crippen LogP contribution < -0.4 is 5.73 Å². The normalized spacial score (nSPS) is 51.6. The van der Waals surface area contributed by atoms with Crippen LogP contribution in [0.15, 0.2) is 0 Å². The topological polar surface area (TPSA) is 647 Å². The number of rotatable bonds is 25. The number of aliphatic carboxylic acids is 1. The Morgan fingerprint density at radius 1 is 0.432 bits per heavy atom. The van der Waals surface area contributed by atoms with E-state index in [-0.39, 0.29) is 0 Å². The molecule has 0 aromatic heterocycles. The zero-order valence-electron chi connectivity index (χ0n) is 51.9. The summed E-state index contributed by atoms with van der Waals surface area (Å²) in [5, 5.41) is 249. The minimum atomic E-state index is -2.90. The van der Waals surface area contributed by atoms with Gasteiger partial charge in [-0.15, -0.1) is 0 Å². The molecule has 8 aliphatic rings. The van der Waals surface area contributed by atoms with Gasteiger partial charge in [0.05, 0.1) is 89.4 Å². The van der Waals surface area contributed by atoms with Gasteiger partial charge in [-0.1, -0.05) is 20.8 Å². The van der Waals surface area contributed by atoms with Crippen LogP contribution in [-0.2, 0) is 75.8 Å².